The summed E-state index contributed by atoms with van der Waals surface area (Å²) < 4.78 is 5.38. The standard InChI is InChI=1S/C13H23N3O2/c1-13(2,3)18-12(17)16-8-6-10(15-4)9-11(16)5-7-14/h10-11,15H,5-6,8-9H2,1-4H3/t10-,11+/m0/s1. The van der Waals surface area contributed by atoms with Crippen LogP contribution in [0.1, 0.15) is 40.0 Å². The molecule has 5 heteroatoms. The number of hydrogen-bond donors (Lipinski definition) is 1. The molecule has 0 aromatic rings. The molecule has 102 valence electrons. The highest BCUT2D eigenvalue weighted by molar-refractivity contribution is 5.68. The van der Waals surface area contributed by atoms with Crippen LogP contribution in [0.3, 0.4) is 0 Å². The molecule has 1 N–H and O–H groups in total. The molecule has 1 amide bonds. The summed E-state index contributed by atoms with van der Waals surface area (Å²) in [4.78, 5) is 13.8. The third kappa shape index (κ3) is 4.19. The van der Waals surface area contributed by atoms with Crippen LogP contribution in [0.25, 0.3) is 0 Å². The lowest BCUT2D eigenvalue weighted by Gasteiger charge is -2.39. The molecule has 0 aromatic carbocycles. The van der Waals surface area contributed by atoms with E-state index < -0.39 is 5.60 Å². The van der Waals surface area contributed by atoms with Gasteiger partial charge in [-0.15, -0.1) is 0 Å². The molecular formula is C13H23N3O2. The van der Waals surface area contributed by atoms with Gasteiger partial charge in [0, 0.05) is 18.6 Å². The zero-order valence-corrected chi connectivity index (χ0v) is 11.7. The fourth-order valence-corrected chi connectivity index (χ4v) is 2.17. The van der Waals surface area contributed by atoms with Gasteiger partial charge in [-0.2, -0.15) is 5.26 Å². The number of nitrogens with one attached hydrogen (secondary N) is 1. The van der Waals surface area contributed by atoms with Crippen molar-refractivity contribution in [2.45, 2.75) is 57.7 Å². The lowest BCUT2D eigenvalue weighted by atomic mass is 9.96. The Hall–Kier alpha value is -1.28. The molecule has 0 saturated carbocycles. The van der Waals surface area contributed by atoms with Crippen molar-refractivity contribution >= 4 is 6.09 Å². The van der Waals surface area contributed by atoms with E-state index in [9.17, 15) is 4.79 Å². The number of piperidine rings is 1. The van der Waals surface area contributed by atoms with Crippen molar-refractivity contribution in [3.63, 3.8) is 0 Å². The predicted octanol–water partition coefficient (Wildman–Crippen LogP) is 1.89. The van der Waals surface area contributed by atoms with E-state index in [4.69, 9.17) is 10.00 Å². The highest BCUT2D eigenvalue weighted by Gasteiger charge is 2.33. The Morgan fingerprint density at radius 1 is 1.56 bits per heavy atom. The second kappa shape index (κ2) is 6.05. The Morgan fingerprint density at radius 3 is 2.72 bits per heavy atom. The van der Waals surface area contributed by atoms with Crippen molar-refractivity contribution in [2.24, 2.45) is 0 Å². The highest BCUT2D eigenvalue weighted by Crippen LogP contribution is 2.22. The van der Waals surface area contributed by atoms with Crippen molar-refractivity contribution in [3.8, 4) is 6.07 Å². The largest absolute Gasteiger partial charge is 0.444 e. The van der Waals surface area contributed by atoms with Gasteiger partial charge in [-0.25, -0.2) is 4.79 Å². The molecule has 0 unspecified atom stereocenters. The van der Waals surface area contributed by atoms with Crippen LogP contribution < -0.4 is 5.32 Å². The summed E-state index contributed by atoms with van der Waals surface area (Å²) >= 11 is 0. The number of likely N-dealkylation sites (tertiary alicyclic amines) is 1. The summed E-state index contributed by atoms with van der Waals surface area (Å²) in [5.74, 6) is 0. The first-order valence-electron chi connectivity index (χ1n) is 6.41. The molecular weight excluding hydrogens is 230 g/mol. The molecule has 1 saturated heterocycles. The van der Waals surface area contributed by atoms with Gasteiger partial charge in [-0.3, -0.25) is 0 Å². The summed E-state index contributed by atoms with van der Waals surface area (Å²) in [5, 5.41) is 12.1. The average Bonchev–Trinajstić information content (AvgIpc) is 2.27. The summed E-state index contributed by atoms with van der Waals surface area (Å²) in [5.41, 5.74) is -0.492. The maximum absolute atomic E-state index is 12.1. The average molecular weight is 253 g/mol. The van der Waals surface area contributed by atoms with Crippen LogP contribution in [0, 0.1) is 11.3 Å². The number of carbonyl (C=O) groups excluding carboxylic acids is 1. The zero-order chi connectivity index (χ0) is 13.8. The topological polar surface area (TPSA) is 65.4 Å². The first-order chi connectivity index (χ1) is 8.37. The van der Waals surface area contributed by atoms with E-state index in [1.165, 1.54) is 0 Å². The molecule has 1 fully saturated rings. The van der Waals surface area contributed by atoms with E-state index in [1.54, 1.807) is 4.90 Å². The van der Waals surface area contributed by atoms with Gasteiger partial charge in [0.05, 0.1) is 12.5 Å². The maximum Gasteiger partial charge on any atom is 0.410 e. The third-order valence-corrected chi connectivity index (χ3v) is 3.08. The minimum absolute atomic E-state index is 0.0453. The zero-order valence-electron chi connectivity index (χ0n) is 11.7. The van der Waals surface area contributed by atoms with Gasteiger partial charge < -0.3 is 15.0 Å². The van der Waals surface area contributed by atoms with Gasteiger partial charge in [0.1, 0.15) is 5.60 Å². The molecule has 1 aliphatic heterocycles. The van der Waals surface area contributed by atoms with Gasteiger partial charge in [-0.05, 0) is 40.7 Å². The Morgan fingerprint density at radius 2 is 2.22 bits per heavy atom. The predicted molar refractivity (Wildman–Crippen MR) is 69.0 cm³/mol. The van der Waals surface area contributed by atoms with Crippen molar-refractivity contribution in [2.75, 3.05) is 13.6 Å². The smallest absolute Gasteiger partial charge is 0.410 e. The molecule has 1 heterocycles. The molecule has 0 bridgehead atoms. The van der Waals surface area contributed by atoms with Gasteiger partial charge in [0.25, 0.3) is 0 Å². The number of carbonyl (C=O) groups is 1. The normalized spacial score (nSPS) is 24.5. The molecule has 0 aliphatic carbocycles. The molecule has 2 atom stereocenters. The van der Waals surface area contributed by atoms with E-state index >= 15 is 0 Å². The van der Waals surface area contributed by atoms with Crippen molar-refractivity contribution in [1.29, 1.82) is 5.26 Å². The summed E-state index contributed by atoms with van der Waals surface area (Å²) in [6, 6.07) is 2.48. The van der Waals surface area contributed by atoms with Gasteiger partial charge in [0.15, 0.2) is 0 Å². The lowest BCUT2D eigenvalue weighted by molar-refractivity contribution is 0.00790. The summed E-state index contributed by atoms with van der Waals surface area (Å²) in [6.45, 7) is 6.20. The maximum atomic E-state index is 12.1. The van der Waals surface area contributed by atoms with Crippen LogP contribution in [0.5, 0.6) is 0 Å². The van der Waals surface area contributed by atoms with Crippen molar-refractivity contribution in [1.82, 2.24) is 10.2 Å². The van der Waals surface area contributed by atoms with Crippen LogP contribution in [0.4, 0.5) is 4.79 Å². The van der Waals surface area contributed by atoms with E-state index in [1.807, 2.05) is 27.8 Å². The molecule has 18 heavy (non-hydrogen) atoms. The minimum Gasteiger partial charge on any atom is -0.444 e. The summed E-state index contributed by atoms with van der Waals surface area (Å²) in [6.07, 6.45) is 1.76. The van der Waals surface area contributed by atoms with Crippen LogP contribution in [-0.2, 0) is 4.74 Å². The fourth-order valence-electron chi connectivity index (χ4n) is 2.17. The molecule has 1 rings (SSSR count). The molecule has 1 aliphatic rings. The second-order valence-corrected chi connectivity index (χ2v) is 5.70. The summed E-state index contributed by atoms with van der Waals surface area (Å²) in [7, 11) is 1.91. The molecule has 0 radical (unpaired) electrons. The second-order valence-electron chi connectivity index (χ2n) is 5.70. The Bertz CT molecular complexity index is 330. The minimum atomic E-state index is -0.492. The van der Waals surface area contributed by atoms with E-state index in [-0.39, 0.29) is 12.1 Å². The number of rotatable bonds is 2. The van der Waals surface area contributed by atoms with E-state index in [0.29, 0.717) is 19.0 Å². The molecule has 0 spiro atoms. The number of nitriles is 1. The van der Waals surface area contributed by atoms with Crippen LogP contribution in [0.2, 0.25) is 0 Å². The Kier molecular flexibility index (Phi) is 4.97. The van der Waals surface area contributed by atoms with Crippen molar-refractivity contribution in [3.05, 3.63) is 0 Å². The van der Waals surface area contributed by atoms with Crippen LogP contribution in [0.15, 0.2) is 0 Å². The quantitative estimate of drug-likeness (QED) is 0.816. The SMILES string of the molecule is CN[C@H]1CCN(C(=O)OC(C)(C)C)[C@H](CC#N)C1. The number of hydrogen-bond acceptors (Lipinski definition) is 4. The van der Waals surface area contributed by atoms with E-state index in [0.717, 1.165) is 12.8 Å². The van der Waals surface area contributed by atoms with Crippen molar-refractivity contribution < 1.29 is 9.53 Å². The highest BCUT2D eigenvalue weighted by atomic mass is 16.6. The molecule has 0 aromatic heterocycles. The molecule has 5 nitrogen and oxygen atoms in total. The lowest BCUT2D eigenvalue weighted by Crippen LogP contribution is -2.51. The van der Waals surface area contributed by atoms with Gasteiger partial charge >= 0.3 is 6.09 Å². The number of ether oxygens (including phenoxy) is 1. The number of amides is 1. The Labute approximate surface area is 109 Å². The first-order valence-corrected chi connectivity index (χ1v) is 6.41. The van der Waals surface area contributed by atoms with Gasteiger partial charge in [0.2, 0.25) is 0 Å². The van der Waals surface area contributed by atoms with E-state index in [2.05, 4.69) is 11.4 Å². The third-order valence-electron chi connectivity index (χ3n) is 3.08. The van der Waals surface area contributed by atoms with Gasteiger partial charge in [-0.1, -0.05) is 0 Å². The Balaban J connectivity index is 2.68. The fraction of sp³-hybridized carbons (Fsp3) is 0.846. The monoisotopic (exact) mass is 253 g/mol. The number of nitrogens with zero attached hydrogens (tertiary/aromatic N) is 2. The first kappa shape index (κ1) is 14.8. The van der Waals surface area contributed by atoms with Crippen LogP contribution in [-0.4, -0.2) is 42.3 Å². The van der Waals surface area contributed by atoms with Crippen LogP contribution >= 0.6 is 0 Å².